The zero-order chi connectivity index (χ0) is 32.1. The van der Waals surface area contributed by atoms with Gasteiger partial charge in [-0.25, -0.2) is 0 Å². The van der Waals surface area contributed by atoms with Gasteiger partial charge in [0.15, 0.2) is 0 Å². The lowest BCUT2D eigenvalue weighted by Gasteiger charge is -2.27. The fourth-order valence-corrected chi connectivity index (χ4v) is 6.80. The molecule has 0 radical (unpaired) electrons. The number of benzene rings is 3. The van der Waals surface area contributed by atoms with E-state index in [-0.39, 0.29) is 34.1 Å². The average molecular weight is 630 g/mol. The Morgan fingerprint density at radius 1 is 0.545 bits per heavy atom. The van der Waals surface area contributed by atoms with Gasteiger partial charge < -0.3 is 12.4 Å². The van der Waals surface area contributed by atoms with E-state index in [4.69, 9.17) is 0 Å². The summed E-state index contributed by atoms with van der Waals surface area (Å²) in [7, 11) is 0. The number of rotatable bonds is 5. The number of hydrogen-bond acceptors (Lipinski definition) is 1. The summed E-state index contributed by atoms with van der Waals surface area (Å²) >= 11 is 1.90. The first-order chi connectivity index (χ1) is 19.8. The summed E-state index contributed by atoms with van der Waals surface area (Å²) in [6, 6.07) is 21.6. The maximum atomic E-state index is 2.52. The van der Waals surface area contributed by atoms with Gasteiger partial charge in [0.05, 0.1) is 16.0 Å². The van der Waals surface area contributed by atoms with E-state index < -0.39 is 0 Å². The molecular weight excluding hydrogens is 574 g/mol. The van der Waals surface area contributed by atoms with Gasteiger partial charge in [-0.2, -0.15) is 4.57 Å². The second kappa shape index (κ2) is 12.8. The summed E-state index contributed by atoms with van der Waals surface area (Å²) in [5.41, 5.74) is 16.0. The lowest BCUT2D eigenvalue weighted by molar-refractivity contribution is -0.597. The Labute approximate surface area is 279 Å². The average Bonchev–Trinajstić information content (AvgIpc) is 3.33. The summed E-state index contributed by atoms with van der Waals surface area (Å²) in [5.74, 6) is 0. The predicted molar refractivity (Wildman–Crippen MR) is 190 cm³/mol. The molecule has 0 bridgehead atoms. The van der Waals surface area contributed by atoms with Crippen molar-refractivity contribution in [3.05, 3.63) is 92.9 Å². The van der Waals surface area contributed by atoms with Crippen LogP contribution in [-0.4, -0.2) is 0 Å². The van der Waals surface area contributed by atoms with Gasteiger partial charge in [0.2, 0.25) is 16.9 Å². The Morgan fingerprint density at radius 2 is 0.909 bits per heavy atom. The first kappa shape index (κ1) is 36.1. The van der Waals surface area contributed by atoms with Crippen LogP contribution >= 0.6 is 11.3 Å². The van der Waals surface area contributed by atoms with Gasteiger partial charge in [0.25, 0.3) is 0 Å². The molecule has 0 aliphatic heterocycles. The maximum Gasteiger partial charge on any atom is 0.231 e. The predicted octanol–water partition coefficient (Wildman–Crippen LogP) is 8.68. The molecule has 1 heterocycles. The van der Waals surface area contributed by atoms with Gasteiger partial charge in [-0.1, -0.05) is 151 Å². The Morgan fingerprint density at radius 3 is 1.20 bits per heavy atom. The lowest BCUT2D eigenvalue weighted by atomic mass is 9.77. The van der Waals surface area contributed by atoms with E-state index in [1.165, 1.54) is 60.8 Å². The van der Waals surface area contributed by atoms with Crippen molar-refractivity contribution in [1.29, 1.82) is 0 Å². The standard InChI is InChI=1S/C41H56NS.ClH/c1-15-35-36(16-2)43-26-42(35)37-33(27-20-29(38(3,4)5)24-30(21-27)39(6,7)8)18-17-19-34(37)28-22-31(40(9,10)11)25-32(23-28)41(12,13)14;/h17-26H,15-16H2,1-14H3;1H/q+1;/p-1. The van der Waals surface area contributed by atoms with Crippen LogP contribution in [-0.2, 0) is 34.5 Å². The van der Waals surface area contributed by atoms with E-state index in [9.17, 15) is 0 Å². The van der Waals surface area contributed by atoms with Crippen LogP contribution in [0.4, 0.5) is 0 Å². The Kier molecular flexibility index (Phi) is 10.5. The normalized spacial score (nSPS) is 12.8. The quantitative estimate of drug-likeness (QED) is 0.195. The SMILES string of the molecule is CCc1sc[n+](-c2c(-c3cc(C(C)(C)C)cc(C(C)(C)C)c3)cccc2-c2cc(C(C)(C)C)cc(C(C)(C)C)c2)c1CC.[Cl-]. The third kappa shape index (κ3) is 7.51. The van der Waals surface area contributed by atoms with Gasteiger partial charge in [-0.05, 0) is 73.6 Å². The van der Waals surface area contributed by atoms with Crippen LogP contribution in [0.3, 0.4) is 0 Å². The van der Waals surface area contributed by atoms with Crippen molar-refractivity contribution < 1.29 is 17.0 Å². The van der Waals surface area contributed by atoms with Crippen LogP contribution in [0, 0.1) is 0 Å². The third-order valence-electron chi connectivity index (χ3n) is 8.80. The molecule has 0 amide bonds. The molecule has 1 aromatic heterocycles. The van der Waals surface area contributed by atoms with Crippen LogP contribution in [0.25, 0.3) is 27.9 Å². The monoisotopic (exact) mass is 629 g/mol. The van der Waals surface area contributed by atoms with Crippen molar-refractivity contribution in [2.75, 3.05) is 0 Å². The Bertz CT molecular complexity index is 1450. The fraction of sp³-hybridized carbons (Fsp3) is 0.488. The summed E-state index contributed by atoms with van der Waals surface area (Å²) in [4.78, 5) is 1.47. The summed E-state index contributed by atoms with van der Waals surface area (Å²) in [6.45, 7) is 32.6. The molecule has 0 saturated carbocycles. The second-order valence-electron chi connectivity index (χ2n) is 16.5. The summed E-state index contributed by atoms with van der Waals surface area (Å²) in [5, 5.41) is 0. The highest BCUT2D eigenvalue weighted by Gasteiger charge is 2.30. The van der Waals surface area contributed by atoms with Crippen LogP contribution in [0.2, 0.25) is 0 Å². The second-order valence-corrected chi connectivity index (χ2v) is 17.4. The number of thiazole rings is 1. The zero-order valence-corrected chi connectivity index (χ0v) is 31.5. The van der Waals surface area contributed by atoms with Crippen LogP contribution in [0.15, 0.2) is 60.1 Å². The van der Waals surface area contributed by atoms with Crippen LogP contribution in [0.1, 0.15) is 130 Å². The molecule has 44 heavy (non-hydrogen) atoms. The molecule has 0 N–H and O–H groups in total. The van der Waals surface area contributed by atoms with Crippen molar-refractivity contribution in [2.24, 2.45) is 0 Å². The minimum atomic E-state index is 0. The van der Waals surface area contributed by atoms with Crippen molar-refractivity contribution >= 4 is 11.3 Å². The number of nitrogens with zero attached hydrogens (tertiary/aromatic N) is 1. The summed E-state index contributed by atoms with van der Waals surface area (Å²) < 4.78 is 2.52. The molecule has 4 aromatic rings. The molecular formula is C41H56ClNS. The van der Waals surface area contributed by atoms with Crippen molar-refractivity contribution in [3.63, 3.8) is 0 Å². The van der Waals surface area contributed by atoms with Crippen molar-refractivity contribution in [2.45, 2.75) is 131 Å². The van der Waals surface area contributed by atoms with Crippen LogP contribution < -0.4 is 17.0 Å². The first-order valence-electron chi connectivity index (χ1n) is 16.2. The first-order valence-corrected chi connectivity index (χ1v) is 17.1. The number of aromatic nitrogens is 1. The van der Waals surface area contributed by atoms with Gasteiger partial charge in [0.1, 0.15) is 0 Å². The number of aryl methyl sites for hydroxylation is 1. The Balaban J connectivity index is 0.00000529. The highest BCUT2D eigenvalue weighted by molar-refractivity contribution is 7.09. The highest BCUT2D eigenvalue weighted by atomic mass is 35.5. The lowest BCUT2D eigenvalue weighted by Crippen LogP contribution is -3.00. The minimum absolute atomic E-state index is 0. The van der Waals surface area contributed by atoms with E-state index in [0.717, 1.165) is 12.8 Å². The maximum absolute atomic E-state index is 2.52. The van der Waals surface area contributed by atoms with E-state index in [2.05, 4.69) is 162 Å². The molecule has 0 spiro atoms. The Hall–Kier alpha value is -2.42. The van der Waals surface area contributed by atoms with E-state index in [1.54, 1.807) is 0 Å². The van der Waals surface area contributed by atoms with Gasteiger partial charge >= 0.3 is 0 Å². The van der Waals surface area contributed by atoms with Gasteiger partial charge in [-0.15, -0.1) is 0 Å². The summed E-state index contributed by atoms with van der Waals surface area (Å²) in [6.07, 6.45) is 2.06. The van der Waals surface area contributed by atoms with E-state index in [0.29, 0.717) is 0 Å². The molecule has 238 valence electrons. The van der Waals surface area contributed by atoms with E-state index in [1.807, 2.05) is 11.3 Å². The molecule has 0 aliphatic rings. The molecule has 0 aliphatic carbocycles. The molecule has 0 unspecified atom stereocenters. The molecule has 0 fully saturated rings. The zero-order valence-electron chi connectivity index (χ0n) is 29.9. The molecule has 1 nitrogen and oxygen atoms in total. The van der Waals surface area contributed by atoms with Gasteiger partial charge in [-0.3, -0.25) is 0 Å². The number of hydrogen-bond donors (Lipinski definition) is 0. The molecule has 4 rings (SSSR count). The van der Waals surface area contributed by atoms with Crippen molar-refractivity contribution in [3.8, 4) is 27.9 Å². The topological polar surface area (TPSA) is 3.88 Å². The van der Waals surface area contributed by atoms with Crippen molar-refractivity contribution in [1.82, 2.24) is 0 Å². The molecule has 3 heteroatoms. The molecule has 3 aromatic carbocycles. The molecule has 0 atom stereocenters. The van der Waals surface area contributed by atoms with Crippen LogP contribution in [0.5, 0.6) is 0 Å². The minimum Gasteiger partial charge on any atom is -1.00 e. The number of para-hydroxylation sites is 1. The smallest absolute Gasteiger partial charge is 0.231 e. The largest absolute Gasteiger partial charge is 1.00 e. The van der Waals surface area contributed by atoms with Gasteiger partial charge in [0, 0.05) is 6.42 Å². The van der Waals surface area contributed by atoms with E-state index >= 15 is 0 Å². The highest BCUT2D eigenvalue weighted by Crippen LogP contribution is 2.41. The fourth-order valence-electron chi connectivity index (χ4n) is 5.79. The third-order valence-corrected chi connectivity index (χ3v) is 9.92. The number of halogens is 1. The molecule has 0 saturated heterocycles.